The third-order valence-corrected chi connectivity index (χ3v) is 3.27. The van der Waals surface area contributed by atoms with Crippen molar-refractivity contribution in [1.29, 1.82) is 0 Å². The molecule has 1 N–H and O–H groups in total. The zero-order valence-corrected chi connectivity index (χ0v) is 9.37. The van der Waals surface area contributed by atoms with Gasteiger partial charge in [0.05, 0.1) is 7.11 Å². The average Bonchev–Trinajstić information content (AvgIpc) is 2.52. The Hall–Kier alpha value is -1.09. The number of H-pyrrole nitrogens is 1. The van der Waals surface area contributed by atoms with Gasteiger partial charge in [-0.3, -0.25) is 0 Å². The third kappa shape index (κ3) is 1.38. The summed E-state index contributed by atoms with van der Waals surface area (Å²) in [6, 6.07) is 6.11. The number of nitrogens with one attached hydrogen (secondary N) is 1. The van der Waals surface area contributed by atoms with Gasteiger partial charge in [0.15, 0.2) is 0 Å². The molecule has 74 valence electrons. The normalized spacial score (nSPS) is 10.8. The maximum Gasteiger partial charge on any atom is 0.119 e. The third-order valence-electron chi connectivity index (χ3n) is 2.34. The van der Waals surface area contributed by atoms with Crippen molar-refractivity contribution in [2.75, 3.05) is 13.4 Å². The van der Waals surface area contributed by atoms with E-state index in [1.165, 1.54) is 21.5 Å². The van der Waals surface area contributed by atoms with E-state index in [2.05, 4.69) is 30.3 Å². The van der Waals surface area contributed by atoms with E-state index >= 15 is 0 Å². The van der Waals surface area contributed by atoms with Gasteiger partial charge in [-0.25, -0.2) is 0 Å². The standard InChI is InChI=1S/C11H13NOS/c1-7-11(14-3)9-6-8(13-2)4-5-10(9)12-7/h4-6,12H,1-3H3. The SMILES string of the molecule is COc1ccc2[nH]c(C)c(SC)c2c1. The fourth-order valence-corrected chi connectivity index (χ4v) is 2.42. The largest absolute Gasteiger partial charge is 0.497 e. The van der Waals surface area contributed by atoms with E-state index < -0.39 is 0 Å². The van der Waals surface area contributed by atoms with Gasteiger partial charge in [-0.2, -0.15) is 0 Å². The molecule has 1 aromatic heterocycles. The van der Waals surface area contributed by atoms with Gasteiger partial charge in [-0.1, -0.05) is 0 Å². The molecule has 2 aromatic rings. The van der Waals surface area contributed by atoms with Crippen LogP contribution in [0.1, 0.15) is 5.69 Å². The van der Waals surface area contributed by atoms with E-state index in [-0.39, 0.29) is 0 Å². The minimum absolute atomic E-state index is 0.909. The van der Waals surface area contributed by atoms with Crippen molar-refractivity contribution >= 4 is 22.7 Å². The maximum atomic E-state index is 5.21. The minimum atomic E-state index is 0.909. The summed E-state index contributed by atoms with van der Waals surface area (Å²) >= 11 is 1.76. The Morgan fingerprint density at radius 3 is 2.79 bits per heavy atom. The van der Waals surface area contributed by atoms with Gasteiger partial charge in [0.25, 0.3) is 0 Å². The van der Waals surface area contributed by atoms with Crippen molar-refractivity contribution in [1.82, 2.24) is 4.98 Å². The first-order chi connectivity index (χ1) is 6.76. The van der Waals surface area contributed by atoms with Crippen LogP contribution in [0, 0.1) is 6.92 Å². The fraction of sp³-hybridized carbons (Fsp3) is 0.273. The summed E-state index contributed by atoms with van der Waals surface area (Å²) in [5, 5.41) is 1.24. The summed E-state index contributed by atoms with van der Waals surface area (Å²) in [4.78, 5) is 4.66. The summed E-state index contributed by atoms with van der Waals surface area (Å²) in [5.74, 6) is 0.909. The first kappa shape index (κ1) is 9.46. The molecule has 2 nitrogen and oxygen atoms in total. The number of thioether (sulfide) groups is 1. The molecular formula is C11H13NOS. The van der Waals surface area contributed by atoms with E-state index in [4.69, 9.17) is 4.74 Å². The number of hydrogen-bond donors (Lipinski definition) is 1. The van der Waals surface area contributed by atoms with Crippen molar-refractivity contribution in [2.45, 2.75) is 11.8 Å². The van der Waals surface area contributed by atoms with Crippen LogP contribution in [0.3, 0.4) is 0 Å². The van der Waals surface area contributed by atoms with Crippen LogP contribution in [-0.2, 0) is 0 Å². The van der Waals surface area contributed by atoms with Crippen LogP contribution in [0.25, 0.3) is 10.9 Å². The Bertz CT molecular complexity index is 462. The first-order valence-corrected chi connectivity index (χ1v) is 5.69. The van der Waals surface area contributed by atoms with Gasteiger partial charge in [-0.05, 0) is 31.4 Å². The molecule has 14 heavy (non-hydrogen) atoms. The molecule has 0 spiro atoms. The van der Waals surface area contributed by atoms with Gasteiger partial charge in [-0.15, -0.1) is 11.8 Å². The number of benzene rings is 1. The van der Waals surface area contributed by atoms with Crippen LogP contribution >= 0.6 is 11.8 Å². The van der Waals surface area contributed by atoms with Crippen LogP contribution < -0.4 is 4.74 Å². The molecule has 0 aliphatic carbocycles. The highest BCUT2D eigenvalue weighted by Gasteiger charge is 2.07. The Morgan fingerprint density at radius 2 is 2.14 bits per heavy atom. The molecule has 3 heteroatoms. The van der Waals surface area contributed by atoms with Crippen molar-refractivity contribution in [3.8, 4) is 5.75 Å². The van der Waals surface area contributed by atoms with Gasteiger partial charge in [0.1, 0.15) is 5.75 Å². The van der Waals surface area contributed by atoms with Crippen LogP contribution in [-0.4, -0.2) is 18.3 Å². The van der Waals surface area contributed by atoms with E-state index in [1.807, 2.05) is 6.07 Å². The van der Waals surface area contributed by atoms with Crippen LogP contribution in [0.15, 0.2) is 23.1 Å². The number of methoxy groups -OCH3 is 1. The molecule has 0 saturated heterocycles. The number of fused-ring (bicyclic) bond motifs is 1. The zero-order chi connectivity index (χ0) is 10.1. The molecule has 0 saturated carbocycles. The van der Waals surface area contributed by atoms with Gasteiger partial charge in [0, 0.05) is 21.5 Å². The quantitative estimate of drug-likeness (QED) is 0.765. The lowest BCUT2D eigenvalue weighted by Gasteiger charge is -1.99. The van der Waals surface area contributed by atoms with Crippen LogP contribution in [0.5, 0.6) is 5.75 Å². The number of ether oxygens (including phenoxy) is 1. The Balaban J connectivity index is 2.71. The van der Waals surface area contributed by atoms with Gasteiger partial charge >= 0.3 is 0 Å². The number of hydrogen-bond acceptors (Lipinski definition) is 2. The molecule has 0 aliphatic rings. The molecule has 0 amide bonds. The predicted octanol–water partition coefficient (Wildman–Crippen LogP) is 3.21. The monoisotopic (exact) mass is 207 g/mol. The lowest BCUT2D eigenvalue weighted by Crippen LogP contribution is -1.81. The Labute approximate surface area is 87.7 Å². The van der Waals surface area contributed by atoms with E-state index in [9.17, 15) is 0 Å². The van der Waals surface area contributed by atoms with E-state index in [0.29, 0.717) is 0 Å². The Morgan fingerprint density at radius 1 is 1.36 bits per heavy atom. The van der Waals surface area contributed by atoms with Crippen LogP contribution in [0.4, 0.5) is 0 Å². The predicted molar refractivity (Wildman–Crippen MR) is 61.4 cm³/mol. The van der Waals surface area contributed by atoms with Gasteiger partial charge < -0.3 is 9.72 Å². The van der Waals surface area contributed by atoms with E-state index in [0.717, 1.165) is 5.75 Å². The summed E-state index contributed by atoms with van der Waals surface area (Å²) in [5.41, 5.74) is 2.40. The molecule has 0 atom stereocenters. The minimum Gasteiger partial charge on any atom is -0.497 e. The summed E-state index contributed by atoms with van der Waals surface area (Å²) in [6.07, 6.45) is 2.09. The summed E-state index contributed by atoms with van der Waals surface area (Å²) in [7, 11) is 1.69. The van der Waals surface area contributed by atoms with Crippen molar-refractivity contribution in [2.24, 2.45) is 0 Å². The molecule has 0 bridgehead atoms. The Kier molecular flexibility index (Phi) is 2.42. The molecule has 0 aliphatic heterocycles. The van der Waals surface area contributed by atoms with Crippen LogP contribution in [0.2, 0.25) is 0 Å². The number of aromatic amines is 1. The second-order valence-electron chi connectivity index (χ2n) is 3.19. The molecule has 0 unspecified atom stereocenters. The van der Waals surface area contributed by atoms with Crippen molar-refractivity contribution in [3.05, 3.63) is 23.9 Å². The molecule has 0 fully saturated rings. The maximum absolute atomic E-state index is 5.21. The molecule has 0 radical (unpaired) electrons. The highest BCUT2D eigenvalue weighted by molar-refractivity contribution is 7.98. The molecule has 2 rings (SSSR count). The van der Waals surface area contributed by atoms with E-state index in [1.54, 1.807) is 18.9 Å². The smallest absolute Gasteiger partial charge is 0.119 e. The van der Waals surface area contributed by atoms with Gasteiger partial charge in [0.2, 0.25) is 0 Å². The average molecular weight is 207 g/mol. The molecular weight excluding hydrogens is 194 g/mol. The zero-order valence-electron chi connectivity index (χ0n) is 8.55. The topological polar surface area (TPSA) is 25.0 Å². The number of aryl methyl sites for hydroxylation is 1. The number of rotatable bonds is 2. The second-order valence-corrected chi connectivity index (χ2v) is 4.01. The molecule has 1 heterocycles. The van der Waals surface area contributed by atoms with Crippen molar-refractivity contribution < 1.29 is 4.74 Å². The van der Waals surface area contributed by atoms with Crippen molar-refractivity contribution in [3.63, 3.8) is 0 Å². The highest BCUT2D eigenvalue weighted by atomic mass is 32.2. The highest BCUT2D eigenvalue weighted by Crippen LogP contribution is 2.32. The summed E-state index contributed by atoms with van der Waals surface area (Å²) in [6.45, 7) is 2.10. The lowest BCUT2D eigenvalue weighted by molar-refractivity contribution is 0.415. The lowest BCUT2D eigenvalue weighted by atomic mass is 10.2. The first-order valence-electron chi connectivity index (χ1n) is 4.46. The summed E-state index contributed by atoms with van der Waals surface area (Å²) < 4.78 is 5.21. The molecule has 1 aromatic carbocycles. The second kappa shape index (κ2) is 3.58. The number of aromatic nitrogens is 1. The fourth-order valence-electron chi connectivity index (χ4n) is 1.67.